The first kappa shape index (κ1) is 19.3. The number of esters is 1. The van der Waals surface area contributed by atoms with Crippen molar-refractivity contribution in [1.82, 2.24) is 10.6 Å². The maximum Gasteiger partial charge on any atom is 0.339 e. The summed E-state index contributed by atoms with van der Waals surface area (Å²) in [6, 6.07) is 2.34. The lowest BCUT2D eigenvalue weighted by Gasteiger charge is -2.15. The van der Waals surface area contributed by atoms with Gasteiger partial charge in [-0.1, -0.05) is 0 Å². The standard InChI is InChI=1S/C16H22N2O6/c1-6-17-16(21)18-14(19)10(3)24-15(20)11-7-12(22-4)9(2)13(8-11)23-5/h7-8,10H,6H2,1-5H3,(H2,17,18,19,21)/t10-/m0/s1. The Kier molecular flexibility index (Phi) is 7.03. The molecule has 0 fully saturated rings. The Morgan fingerprint density at radius 2 is 1.67 bits per heavy atom. The van der Waals surface area contributed by atoms with Crippen molar-refractivity contribution >= 4 is 17.9 Å². The topological polar surface area (TPSA) is 103 Å². The van der Waals surface area contributed by atoms with E-state index in [-0.39, 0.29) is 5.56 Å². The van der Waals surface area contributed by atoms with E-state index in [2.05, 4.69) is 10.6 Å². The fourth-order valence-corrected chi connectivity index (χ4v) is 1.90. The van der Waals surface area contributed by atoms with Crippen LogP contribution in [0.1, 0.15) is 29.8 Å². The van der Waals surface area contributed by atoms with E-state index in [0.717, 1.165) is 5.56 Å². The Morgan fingerprint density at radius 3 is 2.12 bits per heavy atom. The third kappa shape index (κ3) is 4.87. The summed E-state index contributed by atoms with van der Waals surface area (Å²) in [4.78, 5) is 35.3. The fraction of sp³-hybridized carbons (Fsp3) is 0.438. The van der Waals surface area contributed by atoms with Gasteiger partial charge in [0, 0.05) is 12.1 Å². The molecule has 3 amide bonds. The van der Waals surface area contributed by atoms with Gasteiger partial charge >= 0.3 is 12.0 Å². The monoisotopic (exact) mass is 338 g/mol. The van der Waals surface area contributed by atoms with Gasteiger partial charge in [0.05, 0.1) is 19.8 Å². The van der Waals surface area contributed by atoms with Crippen LogP contribution in [0, 0.1) is 6.92 Å². The number of rotatable bonds is 6. The van der Waals surface area contributed by atoms with Crippen molar-refractivity contribution in [2.45, 2.75) is 26.9 Å². The molecule has 8 heteroatoms. The number of carbonyl (C=O) groups excluding carboxylic acids is 3. The lowest BCUT2D eigenvalue weighted by Crippen LogP contribution is -2.44. The second-order valence-corrected chi connectivity index (χ2v) is 4.90. The number of carbonyl (C=O) groups is 3. The minimum absolute atomic E-state index is 0.173. The molecule has 0 heterocycles. The molecule has 0 aromatic heterocycles. The molecule has 24 heavy (non-hydrogen) atoms. The smallest absolute Gasteiger partial charge is 0.339 e. The number of benzene rings is 1. The summed E-state index contributed by atoms with van der Waals surface area (Å²) < 4.78 is 15.5. The molecule has 132 valence electrons. The van der Waals surface area contributed by atoms with E-state index in [1.165, 1.54) is 33.3 Å². The maximum absolute atomic E-state index is 12.2. The zero-order valence-electron chi connectivity index (χ0n) is 14.4. The summed E-state index contributed by atoms with van der Waals surface area (Å²) in [7, 11) is 2.94. The predicted octanol–water partition coefficient (Wildman–Crippen LogP) is 1.40. The molecule has 1 aromatic rings. The number of urea groups is 1. The van der Waals surface area contributed by atoms with Crippen LogP contribution in [0.4, 0.5) is 4.79 Å². The number of imide groups is 1. The zero-order chi connectivity index (χ0) is 18.3. The van der Waals surface area contributed by atoms with Gasteiger partial charge in [-0.05, 0) is 32.9 Å². The molecule has 0 spiro atoms. The van der Waals surface area contributed by atoms with Crippen molar-refractivity contribution in [2.75, 3.05) is 20.8 Å². The largest absolute Gasteiger partial charge is 0.496 e. The van der Waals surface area contributed by atoms with Gasteiger partial charge in [-0.25, -0.2) is 9.59 Å². The van der Waals surface area contributed by atoms with Crippen molar-refractivity contribution in [3.05, 3.63) is 23.3 Å². The van der Waals surface area contributed by atoms with Crippen molar-refractivity contribution in [3.63, 3.8) is 0 Å². The average molecular weight is 338 g/mol. The van der Waals surface area contributed by atoms with Gasteiger partial charge in [0.1, 0.15) is 11.5 Å². The minimum Gasteiger partial charge on any atom is -0.496 e. The number of hydrogen-bond acceptors (Lipinski definition) is 6. The minimum atomic E-state index is -1.14. The molecule has 0 aliphatic carbocycles. The molecular weight excluding hydrogens is 316 g/mol. The fourth-order valence-electron chi connectivity index (χ4n) is 1.90. The highest BCUT2D eigenvalue weighted by atomic mass is 16.5. The summed E-state index contributed by atoms with van der Waals surface area (Å²) in [5.74, 6) is -0.535. The number of hydrogen-bond donors (Lipinski definition) is 2. The Bertz CT molecular complexity index is 604. The predicted molar refractivity (Wildman–Crippen MR) is 86.4 cm³/mol. The second-order valence-electron chi connectivity index (χ2n) is 4.90. The first-order chi connectivity index (χ1) is 11.3. The molecule has 0 saturated heterocycles. The summed E-state index contributed by atoms with van der Waals surface area (Å²) in [5, 5.41) is 4.48. The van der Waals surface area contributed by atoms with Gasteiger partial charge < -0.3 is 19.5 Å². The average Bonchev–Trinajstić information content (AvgIpc) is 2.54. The second kappa shape index (κ2) is 8.76. The van der Waals surface area contributed by atoms with Gasteiger partial charge in [0.25, 0.3) is 5.91 Å². The Morgan fingerprint density at radius 1 is 1.12 bits per heavy atom. The van der Waals surface area contributed by atoms with E-state index in [1.807, 2.05) is 0 Å². The van der Waals surface area contributed by atoms with E-state index < -0.39 is 24.0 Å². The molecule has 2 N–H and O–H groups in total. The Labute approximate surface area is 140 Å². The van der Waals surface area contributed by atoms with Crippen LogP contribution in [0.3, 0.4) is 0 Å². The number of methoxy groups -OCH3 is 2. The Hall–Kier alpha value is -2.77. The van der Waals surface area contributed by atoms with E-state index in [9.17, 15) is 14.4 Å². The van der Waals surface area contributed by atoms with Gasteiger partial charge in [-0.15, -0.1) is 0 Å². The summed E-state index contributed by atoms with van der Waals surface area (Å²) in [6.45, 7) is 5.24. The number of ether oxygens (including phenoxy) is 3. The van der Waals surface area contributed by atoms with Gasteiger partial charge in [-0.2, -0.15) is 0 Å². The van der Waals surface area contributed by atoms with E-state index in [4.69, 9.17) is 14.2 Å². The van der Waals surface area contributed by atoms with Crippen molar-refractivity contribution in [3.8, 4) is 11.5 Å². The third-order valence-corrected chi connectivity index (χ3v) is 3.22. The van der Waals surface area contributed by atoms with Crippen LogP contribution in [0.5, 0.6) is 11.5 Å². The number of amides is 3. The molecule has 1 atom stereocenters. The Balaban J connectivity index is 2.84. The lowest BCUT2D eigenvalue weighted by atomic mass is 10.1. The van der Waals surface area contributed by atoms with Gasteiger partial charge in [0.2, 0.25) is 0 Å². The highest BCUT2D eigenvalue weighted by Gasteiger charge is 2.22. The molecule has 0 aliphatic heterocycles. The van der Waals surface area contributed by atoms with E-state index in [0.29, 0.717) is 18.0 Å². The van der Waals surface area contributed by atoms with Crippen LogP contribution in [0.2, 0.25) is 0 Å². The quantitative estimate of drug-likeness (QED) is 0.760. The van der Waals surface area contributed by atoms with Crippen LogP contribution in [0.25, 0.3) is 0 Å². The third-order valence-electron chi connectivity index (χ3n) is 3.22. The highest BCUT2D eigenvalue weighted by Crippen LogP contribution is 2.29. The van der Waals surface area contributed by atoms with Crippen molar-refractivity contribution in [1.29, 1.82) is 0 Å². The molecule has 0 saturated carbocycles. The van der Waals surface area contributed by atoms with Crippen LogP contribution in [-0.4, -0.2) is 44.8 Å². The van der Waals surface area contributed by atoms with Gasteiger partial charge in [0.15, 0.2) is 6.10 Å². The molecule has 0 unspecified atom stereocenters. The van der Waals surface area contributed by atoms with Crippen LogP contribution in [0.15, 0.2) is 12.1 Å². The van der Waals surface area contributed by atoms with Crippen LogP contribution < -0.4 is 20.1 Å². The molecule has 8 nitrogen and oxygen atoms in total. The molecular formula is C16H22N2O6. The van der Waals surface area contributed by atoms with Gasteiger partial charge in [-0.3, -0.25) is 10.1 Å². The highest BCUT2D eigenvalue weighted by molar-refractivity contribution is 5.98. The normalized spacial score (nSPS) is 11.2. The first-order valence-electron chi connectivity index (χ1n) is 7.36. The zero-order valence-corrected chi connectivity index (χ0v) is 14.4. The molecule has 1 rings (SSSR count). The summed E-state index contributed by atoms with van der Waals surface area (Å²) in [6.07, 6.45) is -1.14. The molecule has 1 aromatic carbocycles. The molecule has 0 bridgehead atoms. The van der Waals surface area contributed by atoms with Crippen molar-refractivity contribution in [2.24, 2.45) is 0 Å². The van der Waals surface area contributed by atoms with Crippen LogP contribution >= 0.6 is 0 Å². The lowest BCUT2D eigenvalue weighted by molar-refractivity contribution is -0.127. The van der Waals surface area contributed by atoms with Crippen molar-refractivity contribution < 1.29 is 28.6 Å². The number of nitrogens with one attached hydrogen (secondary N) is 2. The molecule has 0 radical (unpaired) electrons. The molecule has 0 aliphatic rings. The first-order valence-corrected chi connectivity index (χ1v) is 7.36. The summed E-state index contributed by atoms with van der Waals surface area (Å²) >= 11 is 0. The maximum atomic E-state index is 12.2. The van der Waals surface area contributed by atoms with Crippen LogP contribution in [-0.2, 0) is 9.53 Å². The van der Waals surface area contributed by atoms with E-state index in [1.54, 1.807) is 13.8 Å². The SMILES string of the molecule is CCNC(=O)NC(=O)[C@H](C)OC(=O)c1cc(OC)c(C)c(OC)c1. The summed E-state index contributed by atoms with van der Waals surface area (Å²) in [5.41, 5.74) is 0.908. The van der Waals surface area contributed by atoms with E-state index >= 15 is 0 Å².